The average Bonchev–Trinajstić information content (AvgIpc) is 1.88. The third-order valence-corrected chi connectivity index (χ3v) is 1.21. The van der Waals surface area contributed by atoms with Gasteiger partial charge < -0.3 is 22.1 Å². The zero-order chi connectivity index (χ0) is 6.69. The van der Waals surface area contributed by atoms with Gasteiger partial charge in [-0.25, -0.2) is 4.57 Å². The summed E-state index contributed by atoms with van der Waals surface area (Å²) in [6.07, 6.45) is 3.61. The summed E-state index contributed by atoms with van der Waals surface area (Å²) in [4.78, 5) is 0. The zero-order valence-electron chi connectivity index (χ0n) is 5.79. The quantitative estimate of drug-likeness (QED) is 0.511. The van der Waals surface area contributed by atoms with E-state index in [1.165, 1.54) is 0 Å². The second-order valence-electron chi connectivity index (χ2n) is 1.89. The molecule has 2 nitrogen and oxygen atoms in total. The molecule has 0 aliphatic rings. The van der Waals surface area contributed by atoms with E-state index in [0.717, 1.165) is 6.54 Å². The predicted octanol–water partition coefficient (Wildman–Crippen LogP) is -2.30. The lowest BCUT2D eigenvalue weighted by Crippen LogP contribution is -3.00. The highest BCUT2D eigenvalue weighted by atomic mass is 79.9. The summed E-state index contributed by atoms with van der Waals surface area (Å²) in [5, 5.41) is 8.92. The molecule has 0 amide bonds. The van der Waals surface area contributed by atoms with Crippen molar-refractivity contribution < 1.29 is 26.7 Å². The Balaban J connectivity index is 0.000000810. The lowest BCUT2D eigenvalue weighted by Gasteiger charge is -1.89. The number of halogens is 1. The number of aromatic nitrogens is 1. The molecule has 56 valence electrons. The Kier molecular flexibility index (Phi) is 4.03. The van der Waals surface area contributed by atoms with Crippen LogP contribution in [-0.2, 0) is 6.54 Å². The first-order chi connectivity index (χ1) is 4.33. The van der Waals surface area contributed by atoms with E-state index in [1.807, 2.05) is 23.8 Å². The summed E-state index contributed by atoms with van der Waals surface area (Å²) >= 11 is 0. The molecule has 3 heteroatoms. The molecule has 0 spiro atoms. The molecule has 0 bridgehead atoms. The zero-order valence-corrected chi connectivity index (χ0v) is 7.37. The second-order valence-corrected chi connectivity index (χ2v) is 1.89. The molecule has 0 saturated carbocycles. The molecule has 0 saturated heterocycles. The maximum Gasteiger partial charge on any atom is 0.210 e. The van der Waals surface area contributed by atoms with E-state index in [4.69, 9.17) is 5.11 Å². The van der Waals surface area contributed by atoms with Gasteiger partial charge in [0.05, 0.1) is 0 Å². The molecule has 0 atom stereocenters. The summed E-state index contributed by atoms with van der Waals surface area (Å²) in [6.45, 7) is 2.92. The van der Waals surface area contributed by atoms with Crippen LogP contribution in [0.2, 0.25) is 0 Å². The van der Waals surface area contributed by atoms with E-state index in [0.29, 0.717) is 5.75 Å². The Morgan fingerprint density at radius 3 is 2.70 bits per heavy atom. The Hall–Kier alpha value is -0.570. The lowest BCUT2D eigenvalue weighted by molar-refractivity contribution is -0.693. The van der Waals surface area contributed by atoms with Crippen LogP contribution in [-0.4, -0.2) is 5.11 Å². The fourth-order valence-corrected chi connectivity index (χ4v) is 0.705. The number of nitrogens with zero attached hydrogens (tertiary/aromatic N) is 1. The molecule has 10 heavy (non-hydrogen) atoms. The highest BCUT2D eigenvalue weighted by molar-refractivity contribution is 5.09. The first-order valence-electron chi connectivity index (χ1n) is 3.01. The Morgan fingerprint density at radius 1 is 1.60 bits per heavy atom. The SMILES string of the molecule is CC[n+]1cccc(O)c1.[Br-]. The maximum absolute atomic E-state index is 8.92. The summed E-state index contributed by atoms with van der Waals surface area (Å²) in [5.41, 5.74) is 0. The fourth-order valence-electron chi connectivity index (χ4n) is 0.705. The molecule has 1 N–H and O–H groups in total. The molecule has 0 unspecified atom stereocenters. The van der Waals surface area contributed by atoms with Crippen LogP contribution in [0, 0.1) is 0 Å². The van der Waals surface area contributed by atoms with Crippen molar-refractivity contribution in [2.75, 3.05) is 0 Å². The predicted molar refractivity (Wildman–Crippen MR) is 34.0 cm³/mol. The van der Waals surface area contributed by atoms with Gasteiger partial charge in [-0.1, -0.05) is 0 Å². The summed E-state index contributed by atoms with van der Waals surface area (Å²) in [5.74, 6) is 0.319. The first-order valence-corrected chi connectivity index (χ1v) is 3.01. The summed E-state index contributed by atoms with van der Waals surface area (Å²) in [6, 6.07) is 3.48. The molecule has 0 aromatic carbocycles. The first kappa shape index (κ1) is 9.43. The van der Waals surface area contributed by atoms with Crippen molar-refractivity contribution in [3.05, 3.63) is 24.5 Å². The normalized spacial score (nSPS) is 8.50. The van der Waals surface area contributed by atoms with E-state index in [1.54, 1.807) is 12.3 Å². The molecule has 1 rings (SSSR count). The van der Waals surface area contributed by atoms with Crippen LogP contribution in [0.25, 0.3) is 0 Å². The third kappa shape index (κ3) is 2.35. The Labute approximate surface area is 70.9 Å². The van der Waals surface area contributed by atoms with Gasteiger partial charge in [-0.15, -0.1) is 0 Å². The van der Waals surface area contributed by atoms with Gasteiger partial charge in [-0.3, -0.25) is 0 Å². The van der Waals surface area contributed by atoms with Gasteiger partial charge in [0.15, 0.2) is 11.9 Å². The standard InChI is InChI=1S/C7H9NO.BrH/c1-2-8-5-3-4-7(9)6-8;/h3-6H,2H2,1H3;1H. The molecule has 1 heterocycles. The number of rotatable bonds is 1. The lowest BCUT2D eigenvalue weighted by atomic mass is 10.4. The molecule has 0 radical (unpaired) electrons. The summed E-state index contributed by atoms with van der Waals surface area (Å²) in [7, 11) is 0. The third-order valence-electron chi connectivity index (χ3n) is 1.21. The molecule has 1 aromatic heterocycles. The van der Waals surface area contributed by atoms with Crippen LogP contribution in [0.3, 0.4) is 0 Å². The van der Waals surface area contributed by atoms with Crippen LogP contribution in [0.1, 0.15) is 6.92 Å². The number of aromatic hydroxyl groups is 1. The molecule has 1 aromatic rings. The Morgan fingerprint density at radius 2 is 2.30 bits per heavy atom. The van der Waals surface area contributed by atoms with Crippen molar-refractivity contribution in [1.29, 1.82) is 0 Å². The molecule has 0 aliphatic heterocycles. The van der Waals surface area contributed by atoms with Gasteiger partial charge in [-0.05, 0) is 13.0 Å². The molecule has 0 aliphatic carbocycles. The van der Waals surface area contributed by atoms with Crippen molar-refractivity contribution in [2.24, 2.45) is 0 Å². The van der Waals surface area contributed by atoms with Crippen molar-refractivity contribution >= 4 is 0 Å². The van der Waals surface area contributed by atoms with Gasteiger partial charge in [0.25, 0.3) is 0 Å². The minimum absolute atomic E-state index is 0. The van der Waals surface area contributed by atoms with Crippen molar-refractivity contribution in [2.45, 2.75) is 13.5 Å². The van der Waals surface area contributed by atoms with Crippen molar-refractivity contribution in [3.63, 3.8) is 0 Å². The van der Waals surface area contributed by atoms with Gasteiger partial charge in [0, 0.05) is 6.07 Å². The minimum atomic E-state index is 0. The van der Waals surface area contributed by atoms with Gasteiger partial charge >= 0.3 is 0 Å². The highest BCUT2D eigenvalue weighted by Gasteiger charge is 1.94. The maximum atomic E-state index is 8.92. The van der Waals surface area contributed by atoms with E-state index in [9.17, 15) is 0 Å². The topological polar surface area (TPSA) is 24.1 Å². The highest BCUT2D eigenvalue weighted by Crippen LogP contribution is 1.99. The monoisotopic (exact) mass is 203 g/mol. The summed E-state index contributed by atoms with van der Waals surface area (Å²) < 4.78 is 1.91. The van der Waals surface area contributed by atoms with Crippen LogP contribution in [0.4, 0.5) is 0 Å². The number of pyridine rings is 1. The number of aryl methyl sites for hydroxylation is 1. The number of hydrogen-bond donors (Lipinski definition) is 1. The Bertz CT molecular complexity index is 203. The largest absolute Gasteiger partial charge is 1.00 e. The molecular weight excluding hydrogens is 194 g/mol. The van der Waals surface area contributed by atoms with Crippen molar-refractivity contribution in [1.82, 2.24) is 0 Å². The van der Waals surface area contributed by atoms with Gasteiger partial charge in [-0.2, -0.15) is 0 Å². The van der Waals surface area contributed by atoms with E-state index in [-0.39, 0.29) is 17.0 Å². The second kappa shape index (κ2) is 4.28. The smallest absolute Gasteiger partial charge is 0.210 e. The van der Waals surface area contributed by atoms with Crippen LogP contribution < -0.4 is 21.5 Å². The van der Waals surface area contributed by atoms with Gasteiger partial charge in [0.1, 0.15) is 6.54 Å². The van der Waals surface area contributed by atoms with Crippen molar-refractivity contribution in [3.8, 4) is 5.75 Å². The average molecular weight is 204 g/mol. The van der Waals surface area contributed by atoms with Crippen LogP contribution in [0.15, 0.2) is 24.5 Å². The van der Waals surface area contributed by atoms with E-state index >= 15 is 0 Å². The fraction of sp³-hybridized carbons (Fsp3) is 0.286. The van der Waals surface area contributed by atoms with Crippen LogP contribution in [0.5, 0.6) is 5.75 Å². The van der Waals surface area contributed by atoms with Gasteiger partial charge in [0.2, 0.25) is 6.20 Å². The molecule has 0 fully saturated rings. The minimum Gasteiger partial charge on any atom is -1.00 e. The van der Waals surface area contributed by atoms with E-state index < -0.39 is 0 Å². The molecular formula is C7H10BrNO. The van der Waals surface area contributed by atoms with Crippen LogP contribution >= 0.6 is 0 Å². The van der Waals surface area contributed by atoms with E-state index in [2.05, 4.69) is 0 Å². The number of hydrogen-bond acceptors (Lipinski definition) is 1.